The second-order valence-electron chi connectivity index (χ2n) is 3.54. The lowest BCUT2D eigenvalue weighted by molar-refractivity contribution is 0.928. The average Bonchev–Trinajstić information content (AvgIpc) is 2.81. The van der Waals surface area contributed by atoms with Crippen LogP contribution in [0.1, 0.15) is 0 Å². The first-order valence-electron chi connectivity index (χ1n) is 5.23. The number of aromatic nitrogens is 2. The summed E-state index contributed by atoms with van der Waals surface area (Å²) in [4.78, 5) is 4.18. The van der Waals surface area contributed by atoms with Crippen molar-refractivity contribution in [1.82, 2.24) is 9.55 Å². The predicted octanol–water partition coefficient (Wildman–Crippen LogP) is 3.26. The van der Waals surface area contributed by atoms with Crippen LogP contribution < -0.4 is 0 Å². The maximum Gasteiger partial charge on any atom is 0.0701 e. The molecule has 0 radical (unpaired) electrons. The van der Waals surface area contributed by atoms with Gasteiger partial charge in [0.1, 0.15) is 0 Å². The summed E-state index contributed by atoms with van der Waals surface area (Å²) < 4.78 is 2.00. The van der Waals surface area contributed by atoms with Crippen LogP contribution in [0.3, 0.4) is 0 Å². The monoisotopic (exact) mass is 210 g/mol. The first-order valence-corrected chi connectivity index (χ1v) is 5.23. The fourth-order valence-corrected chi connectivity index (χ4v) is 1.44. The molecule has 0 aliphatic carbocycles. The Hall–Kier alpha value is -2.09. The van der Waals surface area contributed by atoms with Crippen LogP contribution >= 0.6 is 0 Å². The lowest BCUT2D eigenvalue weighted by atomic mass is 10.2. The molecule has 3 rings (SSSR count). The topological polar surface area (TPSA) is 17.8 Å². The number of fused-ring (bicyclic) bond motifs is 1. The van der Waals surface area contributed by atoms with Gasteiger partial charge in [0.05, 0.1) is 5.52 Å². The summed E-state index contributed by atoms with van der Waals surface area (Å²) in [5.41, 5.74) is 1.06. The molecule has 80 valence electrons. The number of hydrogen-bond acceptors (Lipinski definition) is 1. The minimum Gasteiger partial charge on any atom is -0.357 e. The summed E-state index contributed by atoms with van der Waals surface area (Å²) in [6, 6.07) is 16.1. The molecular weight excluding hydrogens is 196 g/mol. The van der Waals surface area contributed by atoms with Gasteiger partial charge in [-0.1, -0.05) is 24.3 Å². The maximum absolute atomic E-state index is 4.18. The molecule has 0 unspecified atom stereocenters. The molecule has 0 atom stereocenters. The Labute approximate surface area is 95.2 Å². The largest absolute Gasteiger partial charge is 0.357 e. The molecule has 2 heteroatoms. The zero-order valence-electron chi connectivity index (χ0n) is 9.25. The van der Waals surface area contributed by atoms with Crippen LogP contribution in [0, 0.1) is 0 Å². The van der Waals surface area contributed by atoms with E-state index in [0.717, 1.165) is 5.52 Å². The van der Waals surface area contributed by atoms with Crippen LogP contribution in [0.4, 0.5) is 0 Å². The Bertz CT molecular complexity index is 476. The summed E-state index contributed by atoms with van der Waals surface area (Å²) in [5, 5.41) is 1.20. The van der Waals surface area contributed by atoms with Gasteiger partial charge >= 0.3 is 0 Å². The lowest BCUT2D eigenvalue weighted by Gasteiger charge is -1.91. The Morgan fingerprint density at radius 1 is 0.875 bits per heavy atom. The summed E-state index contributed by atoms with van der Waals surface area (Å²) >= 11 is 0. The highest BCUT2D eigenvalue weighted by Crippen LogP contribution is 2.07. The van der Waals surface area contributed by atoms with Crippen LogP contribution in [0.2, 0.25) is 0 Å². The molecular formula is C14H14N2. The highest BCUT2D eigenvalue weighted by Gasteiger charge is 1.86. The Balaban J connectivity index is 0.000000138. The van der Waals surface area contributed by atoms with Gasteiger partial charge < -0.3 is 4.57 Å². The van der Waals surface area contributed by atoms with E-state index in [-0.39, 0.29) is 0 Å². The number of rotatable bonds is 0. The van der Waals surface area contributed by atoms with E-state index in [2.05, 4.69) is 17.1 Å². The van der Waals surface area contributed by atoms with E-state index in [1.165, 1.54) is 5.39 Å². The molecule has 2 heterocycles. The van der Waals surface area contributed by atoms with Gasteiger partial charge in [-0.25, -0.2) is 0 Å². The molecule has 0 bridgehead atoms. The molecule has 0 saturated heterocycles. The second kappa shape index (κ2) is 5.12. The molecule has 0 aliphatic rings. The summed E-state index contributed by atoms with van der Waals surface area (Å²) in [6.07, 6.45) is 5.81. The number of para-hydroxylation sites is 1. The number of hydrogen-bond donors (Lipinski definition) is 0. The van der Waals surface area contributed by atoms with Gasteiger partial charge in [-0.15, -0.1) is 0 Å². The second-order valence-corrected chi connectivity index (χ2v) is 3.54. The highest BCUT2D eigenvalue weighted by atomic mass is 14.9. The first-order chi connectivity index (χ1) is 7.86. The third-order valence-corrected chi connectivity index (χ3v) is 2.27. The third kappa shape index (κ3) is 2.70. The smallest absolute Gasteiger partial charge is 0.0701 e. The number of aryl methyl sites for hydroxylation is 1. The van der Waals surface area contributed by atoms with Crippen molar-refractivity contribution in [2.75, 3.05) is 0 Å². The van der Waals surface area contributed by atoms with E-state index in [9.17, 15) is 0 Å². The highest BCUT2D eigenvalue weighted by molar-refractivity contribution is 5.77. The van der Waals surface area contributed by atoms with Crippen LogP contribution in [0.5, 0.6) is 0 Å². The fourth-order valence-electron chi connectivity index (χ4n) is 1.44. The van der Waals surface area contributed by atoms with Gasteiger partial charge in [0.2, 0.25) is 0 Å². The van der Waals surface area contributed by atoms with Crippen LogP contribution in [0.25, 0.3) is 10.9 Å². The van der Waals surface area contributed by atoms with E-state index >= 15 is 0 Å². The fraction of sp³-hybridized carbons (Fsp3) is 0.0714. The molecule has 0 aliphatic heterocycles. The molecule has 0 amide bonds. The molecule has 0 fully saturated rings. The van der Waals surface area contributed by atoms with E-state index < -0.39 is 0 Å². The van der Waals surface area contributed by atoms with Gasteiger partial charge in [-0.05, 0) is 24.3 Å². The minimum absolute atomic E-state index is 1.06. The van der Waals surface area contributed by atoms with Crippen LogP contribution in [-0.2, 0) is 7.05 Å². The van der Waals surface area contributed by atoms with E-state index in [1.807, 2.05) is 66.6 Å². The molecule has 16 heavy (non-hydrogen) atoms. The normalized spacial score (nSPS) is 9.56. The molecule has 0 spiro atoms. The van der Waals surface area contributed by atoms with Crippen molar-refractivity contribution in [2.24, 2.45) is 7.05 Å². The van der Waals surface area contributed by atoms with Gasteiger partial charge in [0, 0.05) is 31.0 Å². The van der Waals surface area contributed by atoms with E-state index in [4.69, 9.17) is 0 Å². The zero-order valence-corrected chi connectivity index (χ0v) is 9.25. The van der Waals surface area contributed by atoms with Crippen LogP contribution in [-0.4, -0.2) is 9.55 Å². The number of nitrogens with zero attached hydrogens (tertiary/aromatic N) is 2. The van der Waals surface area contributed by atoms with Crippen molar-refractivity contribution >= 4 is 10.9 Å². The Morgan fingerprint density at radius 2 is 1.56 bits per heavy atom. The number of benzene rings is 1. The van der Waals surface area contributed by atoms with Crippen molar-refractivity contribution < 1.29 is 0 Å². The molecule has 0 N–H and O–H groups in total. The van der Waals surface area contributed by atoms with Crippen molar-refractivity contribution in [2.45, 2.75) is 0 Å². The molecule has 0 saturated carbocycles. The van der Waals surface area contributed by atoms with Crippen molar-refractivity contribution in [1.29, 1.82) is 0 Å². The minimum atomic E-state index is 1.06. The molecule has 2 aromatic heterocycles. The van der Waals surface area contributed by atoms with Gasteiger partial charge in [0.25, 0.3) is 0 Å². The first kappa shape index (κ1) is 10.4. The maximum atomic E-state index is 4.18. The quantitative estimate of drug-likeness (QED) is 0.557. The van der Waals surface area contributed by atoms with Gasteiger partial charge in [-0.2, -0.15) is 0 Å². The molecule has 2 nitrogen and oxygen atoms in total. The molecule has 3 aromatic rings. The van der Waals surface area contributed by atoms with E-state index in [1.54, 1.807) is 0 Å². The van der Waals surface area contributed by atoms with Gasteiger partial charge in [0.15, 0.2) is 0 Å². The zero-order chi connectivity index (χ0) is 11.2. The lowest BCUT2D eigenvalue weighted by Crippen LogP contribution is -1.75. The standard InChI is InChI=1S/C9H7N.C5H7N/c1-2-6-9-8(4-1)5-3-7-10-9;1-6-4-2-3-5-6/h1-7H;2-5H,1H3. The summed E-state index contributed by atoms with van der Waals surface area (Å²) in [6.45, 7) is 0. The van der Waals surface area contributed by atoms with Crippen molar-refractivity contribution in [3.8, 4) is 0 Å². The summed E-state index contributed by atoms with van der Waals surface area (Å²) in [5.74, 6) is 0. The van der Waals surface area contributed by atoms with E-state index in [0.29, 0.717) is 0 Å². The SMILES string of the molecule is Cn1cccc1.c1ccc2ncccc2c1. The predicted molar refractivity (Wildman–Crippen MR) is 67.2 cm³/mol. The van der Waals surface area contributed by atoms with Gasteiger partial charge in [-0.3, -0.25) is 4.98 Å². The third-order valence-electron chi connectivity index (χ3n) is 2.27. The molecule has 1 aromatic carbocycles. The Kier molecular flexibility index (Phi) is 3.34. The van der Waals surface area contributed by atoms with Crippen molar-refractivity contribution in [3.63, 3.8) is 0 Å². The number of pyridine rings is 1. The Morgan fingerprint density at radius 3 is 2.19 bits per heavy atom. The van der Waals surface area contributed by atoms with Crippen molar-refractivity contribution in [3.05, 3.63) is 67.1 Å². The summed E-state index contributed by atoms with van der Waals surface area (Å²) in [7, 11) is 2.00. The average molecular weight is 210 g/mol. The van der Waals surface area contributed by atoms with Crippen LogP contribution in [0.15, 0.2) is 67.1 Å².